The standard InChI is InChI=1S/C26H30N6O3/c1-17-7-9-19(10-8-17)26(33)27-21-15-34-24-22(16-35-23(21)24)32-25(28-29-30-32)20-6-4-5-18(13-20)14-31-11-2-3-12-31/h4-10,13,21-24H,2-3,11-12,14-16H2,1H3,(H,27,33)/p+1/t21-,22-,23+,24+/m0/s1. The van der Waals surface area contributed by atoms with Gasteiger partial charge in [-0.15, -0.1) is 5.10 Å². The molecule has 9 nitrogen and oxygen atoms in total. The number of ether oxygens (including phenoxy) is 2. The van der Waals surface area contributed by atoms with Gasteiger partial charge in [0, 0.05) is 29.5 Å². The zero-order valence-electron chi connectivity index (χ0n) is 19.9. The first-order valence-corrected chi connectivity index (χ1v) is 12.5. The first-order chi connectivity index (χ1) is 17.2. The molecule has 0 spiro atoms. The number of aromatic nitrogens is 4. The summed E-state index contributed by atoms with van der Waals surface area (Å²) in [6.45, 7) is 6.34. The lowest BCUT2D eigenvalue weighted by Crippen LogP contribution is -3.08. The highest BCUT2D eigenvalue weighted by atomic mass is 16.6. The maximum atomic E-state index is 12.7. The molecule has 3 saturated heterocycles. The number of nitrogens with zero attached hydrogens (tertiary/aromatic N) is 4. The van der Waals surface area contributed by atoms with E-state index in [9.17, 15) is 4.79 Å². The van der Waals surface area contributed by atoms with Crippen LogP contribution in [0.2, 0.25) is 0 Å². The van der Waals surface area contributed by atoms with E-state index in [1.807, 2.05) is 35.9 Å². The minimum absolute atomic E-state index is 0.119. The molecule has 4 atom stereocenters. The molecular formula is C26H31N6O3+. The minimum Gasteiger partial charge on any atom is -0.371 e. The number of nitrogens with one attached hydrogen (secondary N) is 2. The van der Waals surface area contributed by atoms with Crippen molar-refractivity contribution in [2.24, 2.45) is 0 Å². The largest absolute Gasteiger partial charge is 0.371 e. The van der Waals surface area contributed by atoms with E-state index in [1.165, 1.54) is 31.5 Å². The van der Waals surface area contributed by atoms with Crippen molar-refractivity contribution < 1.29 is 19.2 Å². The Morgan fingerprint density at radius 2 is 1.89 bits per heavy atom. The Balaban J connectivity index is 1.16. The van der Waals surface area contributed by atoms with Gasteiger partial charge < -0.3 is 19.7 Å². The summed E-state index contributed by atoms with van der Waals surface area (Å²) in [6, 6.07) is 15.7. The molecule has 2 aromatic carbocycles. The Hall–Kier alpha value is -3.14. The third-order valence-electron chi connectivity index (χ3n) is 7.41. The lowest BCUT2D eigenvalue weighted by atomic mass is 10.0. The summed E-state index contributed by atoms with van der Waals surface area (Å²) in [5, 5.41) is 15.7. The number of carbonyl (C=O) groups is 1. The van der Waals surface area contributed by atoms with Gasteiger partial charge in [-0.25, -0.2) is 4.68 Å². The summed E-state index contributed by atoms with van der Waals surface area (Å²) < 4.78 is 14.1. The quantitative estimate of drug-likeness (QED) is 0.552. The molecule has 1 aromatic heterocycles. The Bertz CT molecular complexity index is 1190. The molecule has 2 N–H and O–H groups in total. The molecule has 9 heteroatoms. The highest BCUT2D eigenvalue weighted by molar-refractivity contribution is 5.94. The van der Waals surface area contributed by atoms with E-state index in [0.29, 0.717) is 24.6 Å². The van der Waals surface area contributed by atoms with Crippen LogP contribution in [0.5, 0.6) is 0 Å². The summed E-state index contributed by atoms with van der Waals surface area (Å²) in [5.74, 6) is 0.597. The van der Waals surface area contributed by atoms with Crippen LogP contribution in [-0.2, 0) is 16.0 Å². The second-order valence-electron chi connectivity index (χ2n) is 9.89. The smallest absolute Gasteiger partial charge is 0.251 e. The van der Waals surface area contributed by atoms with Gasteiger partial charge in [0.15, 0.2) is 5.82 Å². The lowest BCUT2D eigenvalue weighted by Gasteiger charge is -2.18. The molecule has 0 unspecified atom stereocenters. The molecule has 0 aliphatic carbocycles. The Morgan fingerprint density at radius 3 is 2.71 bits per heavy atom. The van der Waals surface area contributed by atoms with E-state index in [4.69, 9.17) is 9.47 Å². The minimum atomic E-state index is -0.239. The van der Waals surface area contributed by atoms with Crippen molar-refractivity contribution in [3.8, 4) is 11.4 Å². The number of rotatable bonds is 6. The highest BCUT2D eigenvalue weighted by Gasteiger charge is 2.50. The Labute approximate surface area is 204 Å². The van der Waals surface area contributed by atoms with E-state index in [-0.39, 0.29) is 30.2 Å². The number of benzene rings is 2. The third kappa shape index (κ3) is 4.47. The molecule has 3 fully saturated rings. The van der Waals surface area contributed by atoms with E-state index >= 15 is 0 Å². The summed E-state index contributed by atoms with van der Waals surface area (Å²) in [7, 11) is 0. The average molecular weight is 476 g/mol. The van der Waals surface area contributed by atoms with Gasteiger partial charge >= 0.3 is 0 Å². The van der Waals surface area contributed by atoms with Gasteiger partial charge in [0.25, 0.3) is 5.91 Å². The maximum absolute atomic E-state index is 12.7. The number of tetrazole rings is 1. The molecule has 4 heterocycles. The molecule has 0 saturated carbocycles. The van der Waals surface area contributed by atoms with E-state index in [2.05, 4.69) is 45.1 Å². The summed E-state index contributed by atoms with van der Waals surface area (Å²) in [6.07, 6.45) is 2.16. The second kappa shape index (κ2) is 9.49. The van der Waals surface area contributed by atoms with Crippen molar-refractivity contribution >= 4 is 5.91 Å². The van der Waals surface area contributed by atoms with Crippen LogP contribution in [0.3, 0.4) is 0 Å². The predicted octanol–water partition coefficient (Wildman–Crippen LogP) is 0.965. The first kappa shape index (κ1) is 22.3. The van der Waals surface area contributed by atoms with Crippen LogP contribution in [0.15, 0.2) is 48.5 Å². The van der Waals surface area contributed by atoms with Crippen molar-refractivity contribution in [3.05, 3.63) is 65.2 Å². The van der Waals surface area contributed by atoms with E-state index in [1.54, 1.807) is 4.90 Å². The second-order valence-corrected chi connectivity index (χ2v) is 9.89. The number of fused-ring (bicyclic) bond motifs is 1. The Morgan fingerprint density at radius 1 is 1.09 bits per heavy atom. The molecule has 0 radical (unpaired) electrons. The van der Waals surface area contributed by atoms with Crippen molar-refractivity contribution in [1.29, 1.82) is 0 Å². The van der Waals surface area contributed by atoms with Crippen molar-refractivity contribution in [1.82, 2.24) is 25.5 Å². The normalized spacial score (nSPS) is 26.2. The van der Waals surface area contributed by atoms with E-state index < -0.39 is 0 Å². The molecule has 1 amide bonds. The third-order valence-corrected chi connectivity index (χ3v) is 7.41. The molecule has 182 valence electrons. The maximum Gasteiger partial charge on any atom is 0.251 e. The summed E-state index contributed by atoms with van der Waals surface area (Å²) in [4.78, 5) is 14.4. The van der Waals surface area contributed by atoms with Crippen LogP contribution in [0.1, 0.15) is 40.4 Å². The zero-order valence-corrected chi connectivity index (χ0v) is 19.9. The SMILES string of the molecule is Cc1ccc(C(=O)N[C@H]2CO[C@H]3[C@@H]2OC[C@@H]3n2nnnc2-c2cccc(C[NH+]3CCCC3)c2)cc1. The monoisotopic (exact) mass is 475 g/mol. The van der Waals surface area contributed by atoms with Gasteiger partial charge in [-0.1, -0.05) is 35.9 Å². The molecule has 6 rings (SSSR count). The van der Waals surface area contributed by atoms with Gasteiger partial charge in [-0.3, -0.25) is 4.79 Å². The number of amides is 1. The van der Waals surface area contributed by atoms with Gasteiger partial charge in [-0.2, -0.15) is 0 Å². The van der Waals surface area contributed by atoms with Crippen LogP contribution in [0.4, 0.5) is 0 Å². The van der Waals surface area contributed by atoms with Crippen LogP contribution in [0, 0.1) is 6.92 Å². The van der Waals surface area contributed by atoms with Gasteiger partial charge in [0.1, 0.15) is 24.8 Å². The number of quaternary nitrogens is 1. The fraction of sp³-hybridized carbons (Fsp3) is 0.462. The van der Waals surface area contributed by atoms with Gasteiger partial charge in [-0.05, 0) is 35.5 Å². The van der Waals surface area contributed by atoms with Crippen molar-refractivity contribution in [3.63, 3.8) is 0 Å². The molecule has 3 aliphatic rings. The van der Waals surface area contributed by atoms with Crippen LogP contribution < -0.4 is 10.2 Å². The number of hydrogen-bond donors (Lipinski definition) is 2. The van der Waals surface area contributed by atoms with Crippen LogP contribution >= 0.6 is 0 Å². The molecular weight excluding hydrogens is 444 g/mol. The fourth-order valence-corrected chi connectivity index (χ4v) is 5.54. The molecule has 35 heavy (non-hydrogen) atoms. The van der Waals surface area contributed by atoms with Gasteiger partial charge in [0.05, 0.1) is 32.3 Å². The first-order valence-electron chi connectivity index (χ1n) is 12.5. The predicted molar refractivity (Wildman–Crippen MR) is 128 cm³/mol. The highest BCUT2D eigenvalue weighted by Crippen LogP contribution is 2.35. The molecule has 3 aromatic rings. The van der Waals surface area contributed by atoms with E-state index in [0.717, 1.165) is 17.7 Å². The van der Waals surface area contributed by atoms with Crippen molar-refractivity contribution in [2.45, 2.75) is 50.6 Å². The summed E-state index contributed by atoms with van der Waals surface area (Å²) >= 11 is 0. The number of aryl methyl sites for hydroxylation is 1. The van der Waals surface area contributed by atoms with Gasteiger partial charge in [0.2, 0.25) is 0 Å². The van der Waals surface area contributed by atoms with Crippen molar-refractivity contribution in [2.75, 3.05) is 26.3 Å². The Kier molecular flexibility index (Phi) is 6.05. The topological polar surface area (TPSA) is 95.6 Å². The average Bonchev–Trinajstić information content (AvgIpc) is 3.66. The van der Waals surface area contributed by atoms with Crippen LogP contribution in [0.25, 0.3) is 11.4 Å². The fourth-order valence-electron chi connectivity index (χ4n) is 5.54. The van der Waals surface area contributed by atoms with Crippen LogP contribution in [-0.4, -0.2) is 70.7 Å². The molecule has 3 aliphatic heterocycles. The molecule has 0 bridgehead atoms. The lowest BCUT2D eigenvalue weighted by molar-refractivity contribution is -0.901. The summed E-state index contributed by atoms with van der Waals surface area (Å²) in [5.41, 5.74) is 4.04. The number of carbonyl (C=O) groups excluding carboxylic acids is 1. The zero-order chi connectivity index (χ0) is 23.8. The number of hydrogen-bond acceptors (Lipinski definition) is 6. The number of likely N-dealkylation sites (tertiary alicyclic amines) is 1.